The fourth-order valence-corrected chi connectivity index (χ4v) is 0. The van der Waals surface area contributed by atoms with Gasteiger partial charge in [-0.2, -0.15) is 0 Å². The molecule has 0 bridgehead atoms. The summed E-state index contributed by atoms with van der Waals surface area (Å²) in [5.74, 6) is 0. The molecule has 0 fully saturated rings. The van der Waals surface area contributed by atoms with Gasteiger partial charge in [0, 0.05) is 0 Å². The van der Waals surface area contributed by atoms with Crippen molar-refractivity contribution in [1.29, 1.82) is 0 Å². The summed E-state index contributed by atoms with van der Waals surface area (Å²) < 4.78 is 0. The van der Waals surface area contributed by atoms with E-state index in [9.17, 15) is 0 Å². The van der Waals surface area contributed by atoms with Crippen molar-refractivity contribution in [3.63, 3.8) is 0 Å². The van der Waals surface area contributed by atoms with E-state index in [1.54, 1.807) is 0 Å². The summed E-state index contributed by atoms with van der Waals surface area (Å²) in [4.78, 5) is 0. The van der Waals surface area contributed by atoms with Gasteiger partial charge in [0.05, 0.1) is 0 Å². The monoisotopic (exact) mass is 418 g/mol. The molecule has 0 N–H and O–H groups in total. The van der Waals surface area contributed by atoms with Crippen LogP contribution in [0.4, 0.5) is 0 Å². The molecule has 0 aromatic heterocycles. The molecule has 0 aliphatic heterocycles. The van der Waals surface area contributed by atoms with Gasteiger partial charge in [-0.15, -0.1) is 0 Å². The van der Waals surface area contributed by atoms with E-state index in [1.807, 2.05) is 0 Å². The molecule has 0 atom stereocenters. The second-order valence-corrected chi connectivity index (χ2v) is 116. The van der Waals surface area contributed by atoms with Crippen molar-refractivity contribution in [2.24, 2.45) is 0 Å². The summed E-state index contributed by atoms with van der Waals surface area (Å²) in [6, 6.07) is 0. The average Bonchev–Trinajstić information content (AvgIpc) is 0.650. The molecule has 36 valence electrons. The summed E-state index contributed by atoms with van der Waals surface area (Å²) >= 11 is 16.8. The first kappa shape index (κ1) is 9.40. The molecule has 0 aliphatic carbocycles. The Bertz CT molecular complexity index is 37.1. The molecule has 2 radical (unpaired) electrons. The van der Waals surface area contributed by atoms with Crippen LogP contribution in [0.25, 0.3) is 0 Å². The zero-order valence-electron chi connectivity index (χ0n) is 2.89. The van der Waals surface area contributed by atoms with Gasteiger partial charge < -0.3 is 0 Å². The quantitative estimate of drug-likeness (QED) is 0.521. The third-order valence-corrected chi connectivity index (χ3v) is 0. The van der Waals surface area contributed by atoms with Crippen LogP contribution in [0.3, 0.4) is 0 Å². The molecule has 0 unspecified atom stereocenters. The first-order valence-corrected chi connectivity index (χ1v) is 29.5. The predicted octanol–water partition coefficient (Wildman–Crippen LogP) is 3.85. The number of halogens is 5. The molecule has 0 spiro atoms. The molecule has 0 amide bonds. The van der Waals surface area contributed by atoms with Gasteiger partial charge in [-0.1, -0.05) is 0 Å². The van der Waals surface area contributed by atoms with Crippen molar-refractivity contribution in [1.82, 2.24) is 0 Å². The third kappa shape index (κ3) is 26.2. The number of hydrogen-bond acceptors (Lipinski definition) is 0. The van der Waals surface area contributed by atoms with E-state index >= 15 is 0 Å². The Labute approximate surface area is 64.2 Å². The molecule has 0 rings (SSSR count). The van der Waals surface area contributed by atoms with Gasteiger partial charge in [-0.05, 0) is 0 Å². The zero-order valence-corrected chi connectivity index (χ0v) is 12.8. The first-order valence-electron chi connectivity index (χ1n) is 1.89. The summed E-state index contributed by atoms with van der Waals surface area (Å²) in [6.45, 7) is 0. The Morgan fingerprint density at radius 3 is 0.667 bits per heavy atom. The maximum absolute atomic E-state index is 3.37. The van der Waals surface area contributed by atoms with Crippen LogP contribution < -0.4 is 0 Å². The van der Waals surface area contributed by atoms with Crippen molar-refractivity contribution in [3.8, 4) is 0 Å². The van der Waals surface area contributed by atoms with Crippen LogP contribution in [0.2, 0.25) is 0 Å². The van der Waals surface area contributed by atoms with Crippen LogP contribution in [0.1, 0.15) is 0 Å². The van der Waals surface area contributed by atoms with Gasteiger partial charge >= 0.3 is 66.3 Å². The topological polar surface area (TPSA) is 0 Å². The minimum atomic E-state index is -2.79. The van der Waals surface area contributed by atoms with E-state index in [-0.39, 0.29) is 0 Å². The molecule has 0 aromatic rings. The van der Waals surface area contributed by atoms with Crippen LogP contribution in [0.5, 0.6) is 0 Å². The average molecular weight is 423 g/mol. The summed E-state index contributed by atoms with van der Waals surface area (Å²) in [5.41, 5.74) is 0. The molecule has 0 heterocycles. The van der Waals surface area contributed by atoms with Crippen LogP contribution >= 0.6 is 57.5 Å². The Kier molecular flexibility index (Phi) is 4.01. The van der Waals surface area contributed by atoms with Crippen LogP contribution in [0, 0.1) is 0 Å². The Balaban J connectivity index is 3.73. The van der Waals surface area contributed by atoms with Gasteiger partial charge in [0.25, 0.3) is 0 Å². The van der Waals surface area contributed by atoms with Gasteiger partial charge in [-0.3, -0.25) is 0 Å². The van der Waals surface area contributed by atoms with Crippen molar-refractivity contribution in [3.05, 3.63) is 0 Å². The molecular weight excluding hydrogens is 423 g/mol. The molecule has 6 heavy (non-hydrogen) atoms. The standard InChI is InChI=1S/5BrH.Na/h5*1H;/q;;;;;+5/p-5. The van der Waals surface area contributed by atoms with E-state index < -0.39 is 8.78 Å². The molecule has 0 aromatic carbocycles. The summed E-state index contributed by atoms with van der Waals surface area (Å²) in [6.07, 6.45) is 0. The fraction of sp³-hybridized carbons (Fsp3) is 0. The summed E-state index contributed by atoms with van der Waals surface area (Å²) in [7, 11) is -2.79. The number of rotatable bonds is 0. The minimum absolute atomic E-state index is 2.79. The molecule has 0 nitrogen and oxygen atoms in total. The SMILES string of the molecule is [Br][Na]([Br])([Br])([Br])[Br]. The molecular formula is Br5Na. The van der Waals surface area contributed by atoms with Gasteiger partial charge in [0.1, 0.15) is 0 Å². The second-order valence-electron chi connectivity index (χ2n) is 1.43. The Morgan fingerprint density at radius 2 is 0.667 bits per heavy atom. The van der Waals surface area contributed by atoms with Crippen LogP contribution in [-0.4, -0.2) is 8.78 Å². The van der Waals surface area contributed by atoms with Gasteiger partial charge in [-0.25, -0.2) is 0 Å². The van der Waals surface area contributed by atoms with Crippen molar-refractivity contribution in [2.45, 2.75) is 0 Å². The second kappa shape index (κ2) is 2.56. The molecule has 6 heteroatoms. The normalized spacial score (nSPS) is 15.0. The molecule has 0 saturated carbocycles. The first-order chi connectivity index (χ1) is 2.24. The van der Waals surface area contributed by atoms with Crippen LogP contribution in [-0.2, 0) is 0 Å². The Morgan fingerprint density at radius 1 is 0.667 bits per heavy atom. The fourth-order valence-electron chi connectivity index (χ4n) is 0. The zero-order chi connectivity index (χ0) is 5.45. The summed E-state index contributed by atoms with van der Waals surface area (Å²) in [5, 5.41) is 0. The van der Waals surface area contributed by atoms with Crippen molar-refractivity contribution < 1.29 is 0 Å². The number of hydrogen-bond donors (Lipinski definition) is 0. The van der Waals surface area contributed by atoms with Gasteiger partial charge in [0.15, 0.2) is 0 Å². The van der Waals surface area contributed by atoms with Crippen LogP contribution in [0.15, 0.2) is 0 Å². The van der Waals surface area contributed by atoms with E-state index in [0.29, 0.717) is 0 Å². The van der Waals surface area contributed by atoms with E-state index in [2.05, 4.69) is 57.5 Å². The molecule has 0 saturated heterocycles. The third-order valence-electron chi connectivity index (χ3n) is 0. The van der Waals surface area contributed by atoms with E-state index in [1.165, 1.54) is 0 Å². The predicted molar refractivity (Wildman–Crippen MR) is 50.4 cm³/mol. The Hall–Kier alpha value is 3.40. The van der Waals surface area contributed by atoms with Crippen molar-refractivity contribution >= 4 is 66.3 Å². The van der Waals surface area contributed by atoms with E-state index in [4.69, 9.17) is 0 Å². The van der Waals surface area contributed by atoms with E-state index in [0.717, 1.165) is 0 Å². The molecule has 0 aliphatic rings. The maximum atomic E-state index is 3.37. The van der Waals surface area contributed by atoms with Gasteiger partial charge in [0.2, 0.25) is 0 Å². The van der Waals surface area contributed by atoms with Crippen molar-refractivity contribution in [2.75, 3.05) is 0 Å².